The van der Waals surface area contributed by atoms with Gasteiger partial charge in [-0.05, 0) is 56.6 Å². The molecule has 1 fully saturated rings. The molecular weight excluding hydrogens is 264 g/mol. The third kappa shape index (κ3) is 2.85. The highest BCUT2D eigenvalue weighted by Crippen LogP contribution is 2.29. The fraction of sp³-hybridized carbons (Fsp3) is 0.562. The lowest BCUT2D eigenvalue weighted by Gasteiger charge is -2.28. The summed E-state index contributed by atoms with van der Waals surface area (Å²) < 4.78 is 0. The van der Waals surface area contributed by atoms with Crippen LogP contribution in [-0.4, -0.2) is 16.9 Å². The van der Waals surface area contributed by atoms with Gasteiger partial charge in [0, 0.05) is 17.7 Å². The van der Waals surface area contributed by atoms with Crippen molar-refractivity contribution in [2.45, 2.75) is 51.0 Å². The molecule has 2 aliphatic rings. The summed E-state index contributed by atoms with van der Waals surface area (Å²) in [6.45, 7) is 0. The topological polar surface area (TPSA) is 91.8 Å². The van der Waals surface area contributed by atoms with Gasteiger partial charge in [-0.25, -0.2) is 4.98 Å². The average Bonchev–Trinajstić information content (AvgIpc) is 2.94. The monoisotopic (exact) mass is 284 g/mol. The van der Waals surface area contributed by atoms with Gasteiger partial charge in [-0.2, -0.15) is 5.26 Å². The first-order chi connectivity index (χ1) is 10.2. The lowest BCUT2D eigenvalue weighted by atomic mass is 9.85. The van der Waals surface area contributed by atoms with Crippen molar-refractivity contribution < 1.29 is 4.79 Å². The van der Waals surface area contributed by atoms with Crippen LogP contribution in [0, 0.1) is 17.2 Å². The standard InChI is InChI=1S/C16H20N4O/c17-9-12-8-11-2-1-3-14(11)20-16(12)19-13-6-4-10(5-7-13)15(18)21/h8,10,13H,1-7H2,(H2,18,21)(H,19,20). The van der Waals surface area contributed by atoms with E-state index in [0.29, 0.717) is 11.4 Å². The van der Waals surface area contributed by atoms with Crippen molar-refractivity contribution in [3.05, 3.63) is 22.9 Å². The maximum Gasteiger partial charge on any atom is 0.220 e. The molecule has 0 atom stereocenters. The number of aryl methyl sites for hydroxylation is 2. The number of primary amides is 1. The molecule has 0 aliphatic heterocycles. The molecule has 0 radical (unpaired) electrons. The smallest absolute Gasteiger partial charge is 0.220 e. The Morgan fingerprint density at radius 1 is 1.33 bits per heavy atom. The van der Waals surface area contributed by atoms with Gasteiger partial charge in [0.2, 0.25) is 5.91 Å². The zero-order valence-corrected chi connectivity index (χ0v) is 12.1. The van der Waals surface area contributed by atoms with Crippen molar-refractivity contribution in [1.82, 2.24) is 4.98 Å². The van der Waals surface area contributed by atoms with E-state index in [0.717, 1.165) is 50.6 Å². The van der Waals surface area contributed by atoms with Crippen molar-refractivity contribution in [1.29, 1.82) is 5.26 Å². The molecule has 5 heteroatoms. The van der Waals surface area contributed by atoms with Crippen LogP contribution in [0.3, 0.4) is 0 Å². The number of nitrogens with zero attached hydrogens (tertiary/aromatic N) is 2. The van der Waals surface area contributed by atoms with Crippen molar-refractivity contribution in [2.24, 2.45) is 11.7 Å². The van der Waals surface area contributed by atoms with Crippen LogP contribution in [0.4, 0.5) is 5.82 Å². The fourth-order valence-electron chi connectivity index (χ4n) is 3.38. The van der Waals surface area contributed by atoms with Gasteiger partial charge in [0.15, 0.2) is 0 Å². The van der Waals surface area contributed by atoms with Crippen molar-refractivity contribution >= 4 is 11.7 Å². The van der Waals surface area contributed by atoms with Gasteiger partial charge in [0.1, 0.15) is 11.9 Å². The molecule has 1 aromatic heterocycles. The maximum absolute atomic E-state index is 11.2. The Morgan fingerprint density at radius 3 is 2.76 bits per heavy atom. The molecule has 21 heavy (non-hydrogen) atoms. The third-order valence-electron chi connectivity index (χ3n) is 4.64. The highest BCUT2D eigenvalue weighted by Gasteiger charge is 2.26. The van der Waals surface area contributed by atoms with E-state index in [2.05, 4.69) is 16.4 Å². The molecule has 0 spiro atoms. The zero-order chi connectivity index (χ0) is 14.8. The van der Waals surface area contributed by atoms with Gasteiger partial charge in [-0.15, -0.1) is 0 Å². The molecule has 1 aromatic rings. The quantitative estimate of drug-likeness (QED) is 0.886. The van der Waals surface area contributed by atoms with Crippen LogP contribution in [-0.2, 0) is 17.6 Å². The van der Waals surface area contributed by atoms with Crippen LogP contribution in [0.5, 0.6) is 0 Å². The van der Waals surface area contributed by atoms with E-state index < -0.39 is 0 Å². The number of fused-ring (bicyclic) bond motifs is 1. The normalized spacial score (nSPS) is 24.1. The predicted molar refractivity (Wildman–Crippen MR) is 79.5 cm³/mol. The highest BCUT2D eigenvalue weighted by atomic mass is 16.1. The lowest BCUT2D eigenvalue weighted by molar-refractivity contribution is -0.122. The number of hydrogen-bond acceptors (Lipinski definition) is 4. The largest absolute Gasteiger partial charge is 0.369 e. The van der Waals surface area contributed by atoms with E-state index in [9.17, 15) is 10.1 Å². The number of carbonyl (C=O) groups excluding carboxylic acids is 1. The van der Waals surface area contributed by atoms with Crippen molar-refractivity contribution in [3.63, 3.8) is 0 Å². The van der Waals surface area contributed by atoms with E-state index in [1.165, 1.54) is 5.56 Å². The second-order valence-corrected chi connectivity index (χ2v) is 6.05. The summed E-state index contributed by atoms with van der Waals surface area (Å²) in [4.78, 5) is 15.8. The Bertz CT molecular complexity index is 597. The number of nitrogens with two attached hydrogens (primary N) is 1. The van der Waals surface area contributed by atoms with Crippen molar-refractivity contribution in [3.8, 4) is 6.07 Å². The van der Waals surface area contributed by atoms with E-state index in [1.807, 2.05) is 6.07 Å². The van der Waals surface area contributed by atoms with Gasteiger partial charge < -0.3 is 11.1 Å². The lowest BCUT2D eigenvalue weighted by Crippen LogP contribution is -2.32. The maximum atomic E-state index is 11.2. The molecule has 1 amide bonds. The Labute approximate surface area is 124 Å². The summed E-state index contributed by atoms with van der Waals surface area (Å²) in [6, 6.07) is 4.50. The highest BCUT2D eigenvalue weighted by molar-refractivity contribution is 5.76. The first-order valence-electron chi connectivity index (χ1n) is 7.66. The molecule has 5 nitrogen and oxygen atoms in total. The molecule has 1 heterocycles. The predicted octanol–water partition coefficient (Wildman–Crippen LogP) is 1.90. The summed E-state index contributed by atoms with van der Waals surface area (Å²) in [6.07, 6.45) is 6.60. The molecule has 2 aliphatic carbocycles. The summed E-state index contributed by atoms with van der Waals surface area (Å²) in [5, 5.41) is 12.7. The molecule has 3 N–H and O–H groups in total. The van der Waals surface area contributed by atoms with E-state index >= 15 is 0 Å². The van der Waals surface area contributed by atoms with E-state index in [1.54, 1.807) is 0 Å². The Balaban J connectivity index is 1.71. The van der Waals surface area contributed by atoms with Crippen LogP contribution >= 0.6 is 0 Å². The minimum Gasteiger partial charge on any atom is -0.369 e. The Hall–Kier alpha value is -2.09. The number of carbonyl (C=O) groups is 1. The summed E-state index contributed by atoms with van der Waals surface area (Å²) in [5.74, 6) is 0.522. The number of amides is 1. The average molecular weight is 284 g/mol. The SMILES string of the molecule is N#Cc1cc2c(nc1NC1CCC(C(N)=O)CC1)CCC2. The fourth-order valence-corrected chi connectivity index (χ4v) is 3.38. The third-order valence-corrected chi connectivity index (χ3v) is 4.64. The van der Waals surface area contributed by atoms with Crippen LogP contribution < -0.4 is 11.1 Å². The molecule has 0 unspecified atom stereocenters. The minimum absolute atomic E-state index is 0.00599. The molecule has 110 valence electrons. The minimum atomic E-state index is -0.193. The van der Waals surface area contributed by atoms with Crippen LogP contribution in [0.2, 0.25) is 0 Å². The molecule has 0 aromatic carbocycles. The van der Waals surface area contributed by atoms with Gasteiger partial charge in [0.25, 0.3) is 0 Å². The van der Waals surface area contributed by atoms with Gasteiger partial charge in [0.05, 0.1) is 5.56 Å². The first-order valence-corrected chi connectivity index (χ1v) is 7.66. The summed E-state index contributed by atoms with van der Waals surface area (Å²) in [5.41, 5.74) is 8.33. The first kappa shape index (κ1) is 13.9. The van der Waals surface area contributed by atoms with E-state index in [-0.39, 0.29) is 17.9 Å². The van der Waals surface area contributed by atoms with Crippen LogP contribution in [0.1, 0.15) is 48.9 Å². The number of nitriles is 1. The van der Waals surface area contributed by atoms with Crippen molar-refractivity contribution in [2.75, 3.05) is 5.32 Å². The molecule has 3 rings (SSSR count). The molecule has 0 bridgehead atoms. The van der Waals surface area contributed by atoms with Crippen LogP contribution in [0.15, 0.2) is 6.07 Å². The molecule has 1 saturated carbocycles. The number of nitrogens with one attached hydrogen (secondary N) is 1. The number of pyridine rings is 1. The van der Waals surface area contributed by atoms with Gasteiger partial charge in [-0.3, -0.25) is 4.79 Å². The molecular formula is C16H20N4O. The number of aromatic nitrogens is 1. The second kappa shape index (κ2) is 5.72. The second-order valence-electron chi connectivity index (χ2n) is 6.05. The zero-order valence-electron chi connectivity index (χ0n) is 12.1. The number of hydrogen-bond donors (Lipinski definition) is 2. The van der Waals surface area contributed by atoms with Gasteiger partial charge in [-0.1, -0.05) is 0 Å². The van der Waals surface area contributed by atoms with E-state index in [4.69, 9.17) is 5.73 Å². The number of rotatable bonds is 3. The summed E-state index contributed by atoms with van der Waals surface area (Å²) >= 11 is 0. The molecule has 0 saturated heterocycles. The van der Waals surface area contributed by atoms with Gasteiger partial charge >= 0.3 is 0 Å². The number of anilines is 1. The summed E-state index contributed by atoms with van der Waals surface area (Å²) in [7, 11) is 0. The Morgan fingerprint density at radius 2 is 2.10 bits per heavy atom. The van der Waals surface area contributed by atoms with Crippen LogP contribution in [0.25, 0.3) is 0 Å². The Kier molecular flexibility index (Phi) is 3.78.